The van der Waals surface area contributed by atoms with Crippen molar-refractivity contribution in [2.24, 2.45) is 0 Å². The van der Waals surface area contributed by atoms with Crippen molar-refractivity contribution in [3.05, 3.63) is 40.4 Å². The average molecular weight is 250 g/mol. The molecule has 17 heavy (non-hydrogen) atoms. The molecule has 0 N–H and O–H groups in total. The Morgan fingerprint density at radius 3 is 2.65 bits per heavy atom. The minimum atomic E-state index is -0.637. The van der Waals surface area contributed by atoms with Gasteiger partial charge in [-0.3, -0.25) is 0 Å². The molecule has 0 aliphatic carbocycles. The fraction of sp³-hybridized carbons (Fsp3) is 0.231. The highest BCUT2D eigenvalue weighted by molar-refractivity contribution is 6.32. The van der Waals surface area contributed by atoms with Gasteiger partial charge < -0.3 is 4.74 Å². The second-order valence-electron chi connectivity index (χ2n) is 3.65. The van der Waals surface area contributed by atoms with E-state index in [-0.39, 0.29) is 11.7 Å². The molecule has 1 aromatic carbocycles. The summed E-state index contributed by atoms with van der Waals surface area (Å²) in [7, 11) is 0. The second kappa shape index (κ2) is 6.07. The fourth-order valence-electron chi connectivity index (χ4n) is 1.16. The lowest BCUT2D eigenvalue weighted by molar-refractivity contribution is -0.142. The van der Waals surface area contributed by atoms with E-state index in [0.717, 1.165) is 0 Å². The summed E-state index contributed by atoms with van der Waals surface area (Å²) >= 11 is 5.93. The minimum Gasteiger partial charge on any atom is -0.459 e. The van der Waals surface area contributed by atoms with E-state index >= 15 is 0 Å². The lowest BCUT2D eigenvalue weighted by Crippen LogP contribution is -2.12. The molecule has 0 spiro atoms. The van der Waals surface area contributed by atoms with Crippen molar-refractivity contribution in [2.75, 3.05) is 0 Å². The van der Waals surface area contributed by atoms with Gasteiger partial charge in [0.2, 0.25) is 0 Å². The molecule has 88 valence electrons. The molecule has 0 radical (unpaired) electrons. The third-order valence-corrected chi connectivity index (χ3v) is 2.23. The summed E-state index contributed by atoms with van der Waals surface area (Å²) in [5.41, 5.74) is 0.554. The molecule has 1 rings (SSSR count). The molecule has 0 heterocycles. The highest BCUT2D eigenvalue weighted by atomic mass is 35.5. The van der Waals surface area contributed by atoms with E-state index in [2.05, 4.69) is 0 Å². The number of nitriles is 1. The number of rotatable bonds is 3. The number of benzene rings is 1. The van der Waals surface area contributed by atoms with E-state index in [1.807, 2.05) is 6.07 Å². The maximum atomic E-state index is 11.5. The van der Waals surface area contributed by atoms with E-state index in [4.69, 9.17) is 21.6 Å². The first-order valence-corrected chi connectivity index (χ1v) is 5.49. The lowest BCUT2D eigenvalue weighted by atomic mass is 10.1. The Labute approximate surface area is 105 Å². The summed E-state index contributed by atoms with van der Waals surface area (Å²) < 4.78 is 4.94. The van der Waals surface area contributed by atoms with Crippen LogP contribution in [0, 0.1) is 11.3 Å². The van der Waals surface area contributed by atoms with Gasteiger partial charge in [0.1, 0.15) is 11.6 Å². The van der Waals surface area contributed by atoms with Crippen molar-refractivity contribution >= 4 is 23.6 Å². The predicted molar refractivity (Wildman–Crippen MR) is 66.3 cm³/mol. The molecule has 4 heteroatoms. The van der Waals surface area contributed by atoms with Crippen LogP contribution in [0.5, 0.6) is 0 Å². The minimum absolute atomic E-state index is 0.0631. The Balaban J connectivity index is 3.00. The summed E-state index contributed by atoms with van der Waals surface area (Å²) in [5.74, 6) is -0.637. The highest BCUT2D eigenvalue weighted by Gasteiger charge is 2.12. The van der Waals surface area contributed by atoms with Crippen LogP contribution >= 0.6 is 11.6 Å². The maximum absolute atomic E-state index is 11.5. The molecule has 0 atom stereocenters. The first-order chi connectivity index (χ1) is 8.04. The third-order valence-electron chi connectivity index (χ3n) is 1.89. The molecule has 0 aromatic heterocycles. The van der Waals surface area contributed by atoms with Gasteiger partial charge in [-0.2, -0.15) is 5.26 Å². The number of carbonyl (C=O) groups excluding carboxylic acids is 1. The number of hydrogen-bond donors (Lipinski definition) is 0. The number of ether oxygens (including phenoxy) is 1. The van der Waals surface area contributed by atoms with Gasteiger partial charge in [-0.05, 0) is 31.6 Å². The van der Waals surface area contributed by atoms with E-state index in [9.17, 15) is 4.79 Å². The average Bonchev–Trinajstić information content (AvgIpc) is 2.27. The Kier molecular flexibility index (Phi) is 4.74. The van der Waals surface area contributed by atoms with Crippen LogP contribution < -0.4 is 0 Å². The molecule has 0 fully saturated rings. The molecular weight excluding hydrogens is 238 g/mol. The van der Waals surface area contributed by atoms with Gasteiger partial charge in [0.25, 0.3) is 0 Å². The molecule has 0 saturated heterocycles. The zero-order chi connectivity index (χ0) is 12.8. The Bertz CT molecular complexity index is 486. The molecular formula is C13H12ClNO2. The number of halogens is 1. The standard InChI is InChI=1S/C13H12ClNO2/c1-9(2)17-13(16)11(8-15)7-10-5-3-4-6-12(10)14/h3-7,9H,1-2H3/b11-7+. The predicted octanol–water partition coefficient (Wildman–Crippen LogP) is 3.20. The van der Waals surface area contributed by atoms with Crippen LogP contribution in [0.15, 0.2) is 29.8 Å². The summed E-state index contributed by atoms with van der Waals surface area (Å²) in [6.07, 6.45) is 1.16. The van der Waals surface area contributed by atoms with Gasteiger partial charge in [-0.1, -0.05) is 29.8 Å². The SMILES string of the molecule is CC(C)OC(=O)/C(C#N)=C/c1ccccc1Cl. The van der Waals surface area contributed by atoms with Crippen molar-refractivity contribution in [3.63, 3.8) is 0 Å². The van der Waals surface area contributed by atoms with E-state index in [1.54, 1.807) is 38.1 Å². The quantitative estimate of drug-likeness (QED) is 0.470. The van der Waals surface area contributed by atoms with Crippen molar-refractivity contribution in [2.45, 2.75) is 20.0 Å². The van der Waals surface area contributed by atoms with Crippen molar-refractivity contribution in [1.82, 2.24) is 0 Å². The molecule has 0 bridgehead atoms. The molecule has 0 aliphatic rings. The molecule has 0 aliphatic heterocycles. The van der Waals surface area contributed by atoms with Gasteiger partial charge in [-0.15, -0.1) is 0 Å². The van der Waals surface area contributed by atoms with Crippen LogP contribution in [0.3, 0.4) is 0 Å². The van der Waals surface area contributed by atoms with Crippen LogP contribution in [0.4, 0.5) is 0 Å². The topological polar surface area (TPSA) is 50.1 Å². The number of carbonyl (C=O) groups is 1. The number of esters is 1. The second-order valence-corrected chi connectivity index (χ2v) is 4.05. The summed E-state index contributed by atoms with van der Waals surface area (Å²) in [6, 6.07) is 8.78. The van der Waals surface area contributed by atoms with Crippen LogP contribution in [0.1, 0.15) is 19.4 Å². The maximum Gasteiger partial charge on any atom is 0.349 e. The largest absolute Gasteiger partial charge is 0.459 e. The van der Waals surface area contributed by atoms with E-state index in [1.165, 1.54) is 6.08 Å². The van der Waals surface area contributed by atoms with Crippen LogP contribution in [-0.4, -0.2) is 12.1 Å². The summed E-state index contributed by atoms with van der Waals surface area (Å²) in [4.78, 5) is 11.5. The normalized spacial score (nSPS) is 11.1. The molecule has 0 unspecified atom stereocenters. The zero-order valence-corrected chi connectivity index (χ0v) is 10.4. The van der Waals surface area contributed by atoms with E-state index in [0.29, 0.717) is 10.6 Å². The number of nitrogens with zero attached hydrogens (tertiary/aromatic N) is 1. The molecule has 1 aromatic rings. The van der Waals surface area contributed by atoms with Gasteiger partial charge in [0.15, 0.2) is 0 Å². The smallest absolute Gasteiger partial charge is 0.349 e. The van der Waals surface area contributed by atoms with Crippen LogP contribution in [0.25, 0.3) is 6.08 Å². The van der Waals surface area contributed by atoms with Crippen molar-refractivity contribution in [1.29, 1.82) is 5.26 Å². The van der Waals surface area contributed by atoms with Crippen molar-refractivity contribution < 1.29 is 9.53 Å². The third kappa shape index (κ3) is 3.93. The van der Waals surface area contributed by atoms with Crippen molar-refractivity contribution in [3.8, 4) is 6.07 Å². The lowest BCUT2D eigenvalue weighted by Gasteiger charge is -2.06. The summed E-state index contributed by atoms with van der Waals surface area (Å²) in [5, 5.41) is 9.38. The van der Waals surface area contributed by atoms with Gasteiger partial charge >= 0.3 is 5.97 Å². The van der Waals surface area contributed by atoms with E-state index < -0.39 is 5.97 Å². The Morgan fingerprint density at radius 2 is 2.12 bits per heavy atom. The van der Waals surface area contributed by atoms with Gasteiger partial charge in [0.05, 0.1) is 6.10 Å². The fourth-order valence-corrected chi connectivity index (χ4v) is 1.35. The van der Waals surface area contributed by atoms with Crippen LogP contribution in [-0.2, 0) is 9.53 Å². The van der Waals surface area contributed by atoms with Crippen LogP contribution in [0.2, 0.25) is 5.02 Å². The van der Waals surface area contributed by atoms with Gasteiger partial charge in [0, 0.05) is 5.02 Å². The molecule has 0 saturated carbocycles. The first-order valence-electron chi connectivity index (χ1n) is 5.12. The number of hydrogen-bond acceptors (Lipinski definition) is 3. The first kappa shape index (κ1) is 13.3. The van der Waals surface area contributed by atoms with Gasteiger partial charge in [-0.25, -0.2) is 4.79 Å². The summed E-state index contributed by atoms with van der Waals surface area (Å²) in [6.45, 7) is 3.45. The Hall–Kier alpha value is -1.79. The highest BCUT2D eigenvalue weighted by Crippen LogP contribution is 2.18. The zero-order valence-electron chi connectivity index (χ0n) is 9.61. The Morgan fingerprint density at radius 1 is 1.47 bits per heavy atom. The molecule has 0 amide bonds. The monoisotopic (exact) mass is 249 g/mol. The molecule has 3 nitrogen and oxygen atoms in total.